The maximum absolute atomic E-state index is 12.4. The van der Waals surface area contributed by atoms with Gasteiger partial charge < -0.3 is 9.64 Å². The number of likely N-dealkylation sites (tertiary alicyclic amines) is 1. The first-order valence-corrected chi connectivity index (χ1v) is 7.00. The van der Waals surface area contributed by atoms with Crippen LogP contribution in [0.2, 0.25) is 0 Å². The number of carbonyl (C=O) groups excluding carboxylic acids is 1. The number of carbonyl (C=O) groups is 1. The standard InChI is InChI=1S/C14H21NO2/c16-14(13-8-1-2-10-17-13)15-9-4-7-12(15)11-5-3-6-11/h8,11-12H,1-7,9-10H2. The molecule has 1 amide bonds. The highest BCUT2D eigenvalue weighted by molar-refractivity contribution is 5.92. The maximum Gasteiger partial charge on any atom is 0.288 e. The van der Waals surface area contributed by atoms with Gasteiger partial charge in [0.15, 0.2) is 5.76 Å². The Morgan fingerprint density at radius 3 is 2.76 bits per heavy atom. The van der Waals surface area contributed by atoms with Crippen molar-refractivity contribution in [2.45, 2.75) is 51.0 Å². The van der Waals surface area contributed by atoms with E-state index in [-0.39, 0.29) is 5.91 Å². The lowest BCUT2D eigenvalue weighted by Gasteiger charge is -2.37. The van der Waals surface area contributed by atoms with Crippen LogP contribution < -0.4 is 0 Å². The summed E-state index contributed by atoms with van der Waals surface area (Å²) in [5, 5.41) is 0. The van der Waals surface area contributed by atoms with Crippen LogP contribution in [0.25, 0.3) is 0 Å². The van der Waals surface area contributed by atoms with Crippen LogP contribution in [-0.2, 0) is 9.53 Å². The van der Waals surface area contributed by atoms with Crippen LogP contribution in [0.1, 0.15) is 44.9 Å². The van der Waals surface area contributed by atoms with Gasteiger partial charge in [0.05, 0.1) is 6.61 Å². The van der Waals surface area contributed by atoms with E-state index in [4.69, 9.17) is 4.74 Å². The monoisotopic (exact) mass is 235 g/mol. The molecule has 1 unspecified atom stereocenters. The van der Waals surface area contributed by atoms with Crippen molar-refractivity contribution in [2.75, 3.05) is 13.2 Å². The summed E-state index contributed by atoms with van der Waals surface area (Å²) in [7, 11) is 0. The van der Waals surface area contributed by atoms with E-state index in [0.717, 1.165) is 25.3 Å². The van der Waals surface area contributed by atoms with Crippen molar-refractivity contribution < 1.29 is 9.53 Å². The number of amides is 1. The van der Waals surface area contributed by atoms with Crippen LogP contribution in [0, 0.1) is 5.92 Å². The molecule has 1 atom stereocenters. The van der Waals surface area contributed by atoms with E-state index in [1.165, 1.54) is 32.1 Å². The summed E-state index contributed by atoms with van der Waals surface area (Å²) >= 11 is 0. The van der Waals surface area contributed by atoms with Gasteiger partial charge in [-0.3, -0.25) is 4.79 Å². The summed E-state index contributed by atoms with van der Waals surface area (Å²) in [6.07, 6.45) is 10.3. The molecule has 17 heavy (non-hydrogen) atoms. The van der Waals surface area contributed by atoms with Gasteiger partial charge in [0, 0.05) is 12.6 Å². The fourth-order valence-corrected chi connectivity index (χ4v) is 3.21. The zero-order valence-corrected chi connectivity index (χ0v) is 10.4. The minimum absolute atomic E-state index is 0.152. The lowest BCUT2D eigenvalue weighted by atomic mass is 9.79. The number of allylic oxidation sites excluding steroid dienone is 1. The zero-order chi connectivity index (χ0) is 11.7. The normalized spacial score (nSPS) is 29.5. The van der Waals surface area contributed by atoms with E-state index in [1.807, 2.05) is 6.08 Å². The van der Waals surface area contributed by atoms with Crippen molar-refractivity contribution in [3.8, 4) is 0 Å². The van der Waals surface area contributed by atoms with E-state index in [0.29, 0.717) is 18.4 Å². The third-order valence-electron chi connectivity index (χ3n) is 4.40. The first-order chi connectivity index (χ1) is 8.36. The van der Waals surface area contributed by atoms with Gasteiger partial charge in [-0.25, -0.2) is 0 Å². The van der Waals surface area contributed by atoms with Gasteiger partial charge in [0.2, 0.25) is 0 Å². The van der Waals surface area contributed by atoms with E-state index in [2.05, 4.69) is 4.90 Å². The summed E-state index contributed by atoms with van der Waals surface area (Å²) in [6, 6.07) is 0.502. The molecule has 0 radical (unpaired) electrons. The van der Waals surface area contributed by atoms with Gasteiger partial charge in [-0.15, -0.1) is 0 Å². The Labute approximate surface area is 103 Å². The second kappa shape index (κ2) is 4.71. The van der Waals surface area contributed by atoms with Gasteiger partial charge in [0.25, 0.3) is 5.91 Å². The lowest BCUT2D eigenvalue weighted by Crippen LogP contribution is -2.43. The molecule has 94 valence electrons. The third kappa shape index (κ3) is 2.07. The van der Waals surface area contributed by atoms with Crippen molar-refractivity contribution in [2.24, 2.45) is 5.92 Å². The molecule has 1 aliphatic carbocycles. The number of hydrogen-bond donors (Lipinski definition) is 0. The average Bonchev–Trinajstić information content (AvgIpc) is 2.76. The molecular weight excluding hydrogens is 214 g/mol. The molecule has 0 bridgehead atoms. The largest absolute Gasteiger partial charge is 0.488 e. The summed E-state index contributed by atoms with van der Waals surface area (Å²) in [5.41, 5.74) is 0. The average molecular weight is 235 g/mol. The molecule has 3 aliphatic rings. The molecule has 1 saturated carbocycles. The van der Waals surface area contributed by atoms with E-state index < -0.39 is 0 Å². The van der Waals surface area contributed by atoms with Crippen molar-refractivity contribution in [1.82, 2.24) is 4.90 Å². The molecule has 2 heterocycles. The Morgan fingerprint density at radius 1 is 1.24 bits per heavy atom. The van der Waals surface area contributed by atoms with Crippen LogP contribution in [0.4, 0.5) is 0 Å². The lowest BCUT2D eigenvalue weighted by molar-refractivity contribution is -0.133. The molecule has 3 heteroatoms. The van der Waals surface area contributed by atoms with Gasteiger partial charge in [-0.1, -0.05) is 6.42 Å². The highest BCUT2D eigenvalue weighted by Crippen LogP contribution is 2.37. The zero-order valence-electron chi connectivity index (χ0n) is 10.4. The van der Waals surface area contributed by atoms with Gasteiger partial charge in [-0.2, -0.15) is 0 Å². The first-order valence-electron chi connectivity index (χ1n) is 7.00. The fourth-order valence-electron chi connectivity index (χ4n) is 3.21. The molecular formula is C14H21NO2. The smallest absolute Gasteiger partial charge is 0.288 e. The van der Waals surface area contributed by atoms with Crippen LogP contribution in [0.15, 0.2) is 11.8 Å². The Morgan fingerprint density at radius 2 is 2.12 bits per heavy atom. The Hall–Kier alpha value is -0.990. The number of nitrogens with zero attached hydrogens (tertiary/aromatic N) is 1. The second-order valence-electron chi connectivity index (χ2n) is 5.46. The molecule has 0 spiro atoms. The Kier molecular flexibility index (Phi) is 3.08. The fraction of sp³-hybridized carbons (Fsp3) is 0.786. The van der Waals surface area contributed by atoms with Crippen molar-refractivity contribution in [3.05, 3.63) is 11.8 Å². The van der Waals surface area contributed by atoms with Crippen molar-refractivity contribution >= 4 is 5.91 Å². The summed E-state index contributed by atoms with van der Waals surface area (Å²) in [5.74, 6) is 1.53. The van der Waals surface area contributed by atoms with Crippen LogP contribution in [-0.4, -0.2) is 30.0 Å². The number of rotatable bonds is 2. The van der Waals surface area contributed by atoms with Crippen LogP contribution >= 0.6 is 0 Å². The minimum atomic E-state index is 0.152. The predicted octanol–water partition coefficient (Wildman–Crippen LogP) is 2.47. The molecule has 0 aromatic rings. The molecule has 3 nitrogen and oxygen atoms in total. The summed E-state index contributed by atoms with van der Waals surface area (Å²) in [6.45, 7) is 1.64. The van der Waals surface area contributed by atoms with Crippen molar-refractivity contribution in [1.29, 1.82) is 0 Å². The second-order valence-corrected chi connectivity index (χ2v) is 5.46. The molecule has 0 N–H and O–H groups in total. The Balaban J connectivity index is 1.69. The quantitative estimate of drug-likeness (QED) is 0.736. The molecule has 3 rings (SSSR count). The topological polar surface area (TPSA) is 29.5 Å². The van der Waals surface area contributed by atoms with Gasteiger partial charge in [0.1, 0.15) is 0 Å². The molecule has 2 fully saturated rings. The van der Waals surface area contributed by atoms with Crippen LogP contribution in [0.5, 0.6) is 0 Å². The SMILES string of the molecule is O=C(C1=CCCCO1)N1CCCC1C1CCC1. The Bertz CT molecular complexity index is 333. The summed E-state index contributed by atoms with van der Waals surface area (Å²) in [4.78, 5) is 14.5. The first kappa shape index (κ1) is 11.1. The van der Waals surface area contributed by atoms with Crippen LogP contribution in [0.3, 0.4) is 0 Å². The maximum atomic E-state index is 12.4. The predicted molar refractivity (Wildman–Crippen MR) is 65.3 cm³/mol. The minimum Gasteiger partial charge on any atom is -0.488 e. The highest BCUT2D eigenvalue weighted by atomic mass is 16.5. The van der Waals surface area contributed by atoms with E-state index >= 15 is 0 Å². The van der Waals surface area contributed by atoms with Gasteiger partial charge in [-0.05, 0) is 50.5 Å². The molecule has 0 aromatic heterocycles. The number of hydrogen-bond acceptors (Lipinski definition) is 2. The molecule has 1 saturated heterocycles. The number of ether oxygens (including phenoxy) is 1. The van der Waals surface area contributed by atoms with Crippen molar-refractivity contribution in [3.63, 3.8) is 0 Å². The molecule has 2 aliphatic heterocycles. The van der Waals surface area contributed by atoms with E-state index in [1.54, 1.807) is 0 Å². The van der Waals surface area contributed by atoms with E-state index in [9.17, 15) is 4.79 Å². The molecule has 0 aromatic carbocycles. The third-order valence-corrected chi connectivity index (χ3v) is 4.40. The van der Waals surface area contributed by atoms with Gasteiger partial charge >= 0.3 is 0 Å². The highest BCUT2D eigenvalue weighted by Gasteiger charge is 2.38. The summed E-state index contributed by atoms with van der Waals surface area (Å²) < 4.78 is 5.50.